The van der Waals surface area contributed by atoms with Gasteiger partial charge in [0.2, 0.25) is 23.6 Å². The molecule has 0 spiro atoms. The van der Waals surface area contributed by atoms with Gasteiger partial charge in [-0.2, -0.15) is 0 Å². The number of nitrogens with one attached hydrogen (secondary N) is 4. The summed E-state index contributed by atoms with van der Waals surface area (Å²) in [5.41, 5.74) is 13.1. The predicted octanol–water partition coefficient (Wildman–Crippen LogP) is -6.26. The molecule has 156 valence electrons. The normalized spacial score (nSPS) is 17.1. The molecule has 0 saturated carbocycles. The molecule has 4 amide bonds. The molecule has 0 fully saturated rings. The third-order valence-electron chi connectivity index (χ3n) is 3.41. The Hall–Kier alpha value is -2.32. The zero-order valence-corrected chi connectivity index (χ0v) is 15.1. The second-order valence-electron chi connectivity index (χ2n) is 5.59. The van der Waals surface area contributed by atoms with Gasteiger partial charge in [0.15, 0.2) is 0 Å². The molecule has 14 N–H and O–H groups in total. The lowest BCUT2D eigenvalue weighted by molar-refractivity contribution is -0.132. The molecule has 13 nitrogen and oxygen atoms in total. The SMILES string of the molecule is [2H]NCC(N[2H])C(=O)NCC(NC(=O)C(CN[2H])N[2H])C(=O)N[C@H](CNCC)C(N)=O. The van der Waals surface area contributed by atoms with Crippen LogP contribution in [0.1, 0.15) is 6.92 Å². The van der Waals surface area contributed by atoms with E-state index < -0.39 is 54.3 Å². The smallest absolute Gasteiger partial charge is 0.245 e. The van der Waals surface area contributed by atoms with E-state index in [0.717, 1.165) is 0 Å². The van der Waals surface area contributed by atoms with Crippen molar-refractivity contribution < 1.29 is 24.8 Å². The van der Waals surface area contributed by atoms with Crippen LogP contribution >= 0.6 is 0 Å². The number of amides is 4. The minimum atomic E-state index is -1.36. The standard InChI is InChI=1S/C14H31N9O4/c1-2-20-5-9(11(19)24)22-14(27)10(23-13(26)8(18)4-16)6-21-12(25)7(17)3-15/h7-10,20H,2-6,15-18H2,1H3,(H2,19,24)(H,21,25)(H,22,27)(H,23,26)/t7?,8?,9-,10?/m1/s1/i/hD4. The first kappa shape index (κ1) is 18.1. The Bertz CT molecular complexity index is 590. The highest BCUT2D eigenvalue weighted by molar-refractivity contribution is 5.93. The summed E-state index contributed by atoms with van der Waals surface area (Å²) >= 11 is 0. The van der Waals surface area contributed by atoms with Gasteiger partial charge in [0, 0.05) is 26.2 Å². The third-order valence-corrected chi connectivity index (χ3v) is 3.41. The first-order chi connectivity index (χ1) is 14.7. The van der Waals surface area contributed by atoms with Crippen LogP contribution in [0.25, 0.3) is 0 Å². The molecule has 0 aliphatic heterocycles. The van der Waals surface area contributed by atoms with Gasteiger partial charge in [-0.25, -0.2) is 0 Å². The van der Waals surface area contributed by atoms with Crippen molar-refractivity contribution in [2.24, 2.45) is 28.6 Å². The van der Waals surface area contributed by atoms with Crippen molar-refractivity contribution in [3.63, 3.8) is 0 Å². The van der Waals surface area contributed by atoms with Gasteiger partial charge in [0.25, 0.3) is 0 Å². The maximum atomic E-state index is 12.7. The minimum absolute atomic E-state index is 0.0459. The summed E-state index contributed by atoms with van der Waals surface area (Å²) in [5, 5.41) is 9.94. The number of carbonyl (C=O) groups is 4. The molecular weight excluding hydrogens is 358 g/mol. The molecule has 13 heteroatoms. The molecule has 4 atom stereocenters. The fourth-order valence-corrected chi connectivity index (χ4v) is 1.78. The minimum Gasteiger partial charge on any atom is -0.368 e. The third kappa shape index (κ3) is 9.25. The summed E-state index contributed by atoms with van der Waals surface area (Å²) in [5.74, 6) is -3.17. The van der Waals surface area contributed by atoms with Crippen LogP contribution in [0.3, 0.4) is 0 Å². The molecule has 3 unspecified atom stereocenters. The van der Waals surface area contributed by atoms with E-state index in [-0.39, 0.29) is 19.6 Å². The van der Waals surface area contributed by atoms with Crippen molar-refractivity contribution in [1.29, 1.82) is 0 Å². The number of nitrogens with two attached hydrogens (primary N) is 5. The Morgan fingerprint density at radius 1 is 0.889 bits per heavy atom. The molecule has 0 aromatic heterocycles. The average Bonchev–Trinajstić information content (AvgIpc) is 2.74. The van der Waals surface area contributed by atoms with Crippen LogP contribution in [0.4, 0.5) is 0 Å². The Morgan fingerprint density at radius 3 is 2.00 bits per heavy atom. The van der Waals surface area contributed by atoms with Crippen LogP contribution in [0, 0.1) is 0 Å². The Morgan fingerprint density at radius 2 is 1.48 bits per heavy atom. The van der Waals surface area contributed by atoms with Gasteiger partial charge in [0.1, 0.15) is 17.7 Å². The molecule has 0 rings (SSSR count). The second-order valence-corrected chi connectivity index (χ2v) is 5.59. The lowest BCUT2D eigenvalue weighted by Crippen LogP contribution is -2.61. The fraction of sp³-hybridized carbons (Fsp3) is 0.714. The topological polar surface area (TPSA) is 247 Å². The Balaban J connectivity index is 5.35. The zero-order chi connectivity index (χ0) is 23.8. The number of hydrogen-bond acceptors (Lipinski definition) is 9. The summed E-state index contributed by atoms with van der Waals surface area (Å²) in [4.78, 5) is 48.7. The van der Waals surface area contributed by atoms with Crippen molar-refractivity contribution in [1.82, 2.24) is 21.3 Å². The van der Waals surface area contributed by atoms with E-state index in [9.17, 15) is 19.2 Å². The molecule has 0 aromatic carbocycles. The summed E-state index contributed by atoms with van der Waals surface area (Å²) in [6, 6.07) is -4.72. The van der Waals surface area contributed by atoms with Crippen molar-refractivity contribution in [3.8, 4) is 0 Å². The average molecular weight is 393 g/mol. The van der Waals surface area contributed by atoms with Gasteiger partial charge in [-0.05, 0) is 6.54 Å². The van der Waals surface area contributed by atoms with Gasteiger partial charge >= 0.3 is 0 Å². The molecule has 0 heterocycles. The highest BCUT2D eigenvalue weighted by Crippen LogP contribution is 1.91. The molecule has 0 aliphatic carbocycles. The number of carbonyl (C=O) groups excluding carboxylic acids is 4. The molecule has 27 heavy (non-hydrogen) atoms. The zero-order valence-electron chi connectivity index (χ0n) is 19.1. The second kappa shape index (κ2) is 12.9. The molecular formula is C14H31N9O4. The van der Waals surface area contributed by atoms with E-state index in [1.165, 1.54) is 0 Å². The van der Waals surface area contributed by atoms with Crippen molar-refractivity contribution in [3.05, 3.63) is 0 Å². The van der Waals surface area contributed by atoms with Crippen molar-refractivity contribution >= 4 is 23.6 Å². The Kier molecular flexibility index (Phi) is 8.66. The van der Waals surface area contributed by atoms with Gasteiger partial charge in [-0.1, -0.05) is 6.92 Å². The number of hydrogen-bond donors (Lipinski definition) is 9. The van der Waals surface area contributed by atoms with Crippen LogP contribution in [0.15, 0.2) is 0 Å². The van der Waals surface area contributed by atoms with E-state index in [1.807, 2.05) is 22.9 Å². The summed E-state index contributed by atoms with van der Waals surface area (Å²) < 4.78 is 28.1. The van der Waals surface area contributed by atoms with Crippen LogP contribution in [-0.2, 0) is 19.2 Å². The van der Waals surface area contributed by atoms with E-state index in [0.29, 0.717) is 6.54 Å². The van der Waals surface area contributed by atoms with Crippen LogP contribution in [0.5, 0.6) is 0 Å². The number of likely N-dealkylation sites (N-methyl/N-ethyl adjacent to an activating group) is 1. The molecule has 0 saturated heterocycles. The van der Waals surface area contributed by atoms with E-state index in [1.54, 1.807) is 6.92 Å². The number of rotatable bonds is 17. The lowest BCUT2D eigenvalue weighted by atomic mass is 10.2. The van der Waals surface area contributed by atoms with Gasteiger partial charge in [-0.3, -0.25) is 19.2 Å². The molecule has 0 aromatic rings. The predicted molar refractivity (Wildman–Crippen MR) is 98.7 cm³/mol. The number of primary amides is 1. The summed E-state index contributed by atoms with van der Waals surface area (Å²) in [6.45, 7) is 1.50. The maximum Gasteiger partial charge on any atom is 0.245 e. The van der Waals surface area contributed by atoms with E-state index in [4.69, 9.17) is 11.4 Å². The van der Waals surface area contributed by atoms with Gasteiger partial charge in [0.05, 0.1) is 12.1 Å². The van der Waals surface area contributed by atoms with Crippen molar-refractivity contribution in [2.45, 2.75) is 31.1 Å². The van der Waals surface area contributed by atoms with Crippen LogP contribution < -0.4 is 49.9 Å². The van der Waals surface area contributed by atoms with E-state index in [2.05, 4.69) is 21.3 Å². The van der Waals surface area contributed by atoms with Crippen LogP contribution in [-0.4, -0.2) is 80.5 Å². The fourth-order valence-electron chi connectivity index (χ4n) is 1.78. The largest absolute Gasteiger partial charge is 0.368 e. The Labute approximate surface area is 163 Å². The lowest BCUT2D eigenvalue weighted by Gasteiger charge is -2.24. The van der Waals surface area contributed by atoms with Gasteiger partial charge < -0.3 is 49.9 Å². The monoisotopic (exact) mass is 393 g/mol. The summed E-state index contributed by atoms with van der Waals surface area (Å²) in [6.07, 6.45) is 0. The highest BCUT2D eigenvalue weighted by Gasteiger charge is 2.27. The maximum absolute atomic E-state index is 12.7. The van der Waals surface area contributed by atoms with Crippen molar-refractivity contribution in [2.75, 3.05) is 32.7 Å². The summed E-state index contributed by atoms with van der Waals surface area (Å²) in [7, 11) is 0. The van der Waals surface area contributed by atoms with Crippen LogP contribution in [0.2, 0.25) is 5.65 Å². The molecule has 0 radical (unpaired) electrons. The first-order valence-corrected chi connectivity index (χ1v) is 8.27. The van der Waals surface area contributed by atoms with E-state index >= 15 is 0 Å². The molecule has 0 bridgehead atoms. The van der Waals surface area contributed by atoms with Gasteiger partial charge in [-0.15, -0.1) is 0 Å². The quantitative estimate of drug-likeness (QED) is 0.114. The first-order valence-electron chi connectivity index (χ1n) is 10.3. The molecule has 0 aliphatic rings. The highest BCUT2D eigenvalue weighted by atomic mass is 16.2.